The maximum atomic E-state index is 14.0. The van der Waals surface area contributed by atoms with Gasteiger partial charge in [-0.3, -0.25) is 14.8 Å². The lowest BCUT2D eigenvalue weighted by Gasteiger charge is -2.37. The highest BCUT2D eigenvalue weighted by Gasteiger charge is 2.38. The number of hydrogen-bond donors (Lipinski definition) is 2. The lowest BCUT2D eigenvalue weighted by Crippen LogP contribution is -2.29. The number of rotatable bonds is 5. The number of nitrogens with one attached hydrogen (secondary N) is 2. The molecule has 1 aliphatic heterocycles. The first-order valence-corrected chi connectivity index (χ1v) is 11.9. The largest absolute Gasteiger partial charge is 0.378 e. The SMILES string of the molecule is O=[N+]([O-])c1cccc([C@@H]2Nc3ccc(S(=O)(=O)Nc4ccccc4F)cc3[C@@H]3C=CC[C@@H]32)c1. The summed E-state index contributed by atoms with van der Waals surface area (Å²) in [7, 11) is -4.00. The number of nitro groups is 1. The van der Waals surface area contributed by atoms with Gasteiger partial charge >= 0.3 is 0 Å². The van der Waals surface area contributed by atoms with E-state index in [1.54, 1.807) is 30.3 Å². The number of para-hydroxylation sites is 1. The molecule has 0 unspecified atom stereocenters. The fraction of sp³-hybridized carbons (Fsp3) is 0.167. The third kappa shape index (κ3) is 3.84. The molecule has 2 N–H and O–H groups in total. The minimum Gasteiger partial charge on any atom is -0.378 e. The number of halogens is 1. The molecule has 33 heavy (non-hydrogen) atoms. The van der Waals surface area contributed by atoms with E-state index in [2.05, 4.69) is 22.2 Å². The van der Waals surface area contributed by atoms with E-state index < -0.39 is 20.8 Å². The lowest BCUT2D eigenvalue weighted by molar-refractivity contribution is -0.384. The molecular formula is C24H20FN3O4S. The van der Waals surface area contributed by atoms with Crippen molar-refractivity contribution in [3.8, 4) is 0 Å². The molecule has 3 aromatic rings. The molecule has 0 aromatic heterocycles. The summed E-state index contributed by atoms with van der Waals surface area (Å²) in [5.41, 5.74) is 2.32. The Kier molecular flexibility index (Phi) is 5.13. The van der Waals surface area contributed by atoms with Crippen LogP contribution < -0.4 is 10.0 Å². The van der Waals surface area contributed by atoms with E-state index in [9.17, 15) is 22.9 Å². The van der Waals surface area contributed by atoms with Crippen LogP contribution in [0.3, 0.4) is 0 Å². The second-order valence-electron chi connectivity index (χ2n) is 8.16. The van der Waals surface area contributed by atoms with Gasteiger partial charge in [-0.15, -0.1) is 0 Å². The fourth-order valence-electron chi connectivity index (χ4n) is 4.65. The first-order valence-electron chi connectivity index (χ1n) is 10.4. The van der Waals surface area contributed by atoms with Crippen LogP contribution in [0.2, 0.25) is 0 Å². The van der Waals surface area contributed by atoms with Crippen molar-refractivity contribution in [3.63, 3.8) is 0 Å². The molecular weight excluding hydrogens is 445 g/mol. The van der Waals surface area contributed by atoms with Crippen LogP contribution in [-0.2, 0) is 10.0 Å². The molecule has 2 aliphatic rings. The molecule has 0 saturated carbocycles. The van der Waals surface area contributed by atoms with Gasteiger partial charge in [0.05, 0.1) is 21.5 Å². The van der Waals surface area contributed by atoms with Gasteiger partial charge < -0.3 is 5.32 Å². The van der Waals surface area contributed by atoms with E-state index in [-0.39, 0.29) is 34.1 Å². The minimum absolute atomic E-state index is 0.0308. The highest BCUT2D eigenvalue weighted by molar-refractivity contribution is 7.92. The summed E-state index contributed by atoms with van der Waals surface area (Å²) < 4.78 is 42.2. The second kappa shape index (κ2) is 8.00. The summed E-state index contributed by atoms with van der Waals surface area (Å²) >= 11 is 0. The van der Waals surface area contributed by atoms with Gasteiger partial charge in [0, 0.05) is 23.7 Å². The third-order valence-corrected chi connectivity index (χ3v) is 7.57. The van der Waals surface area contributed by atoms with Crippen LogP contribution in [0.4, 0.5) is 21.5 Å². The topological polar surface area (TPSA) is 101 Å². The number of allylic oxidation sites excluding steroid dienone is 2. The van der Waals surface area contributed by atoms with Crippen molar-refractivity contribution in [1.82, 2.24) is 0 Å². The van der Waals surface area contributed by atoms with Crippen LogP contribution in [0, 0.1) is 21.8 Å². The molecule has 5 rings (SSSR count). The molecule has 3 atom stereocenters. The molecule has 0 fully saturated rings. The number of non-ortho nitro benzene ring substituents is 1. The molecule has 9 heteroatoms. The molecule has 7 nitrogen and oxygen atoms in total. The van der Waals surface area contributed by atoms with Crippen LogP contribution in [0.15, 0.2) is 83.8 Å². The van der Waals surface area contributed by atoms with Crippen LogP contribution in [-0.4, -0.2) is 13.3 Å². The predicted molar refractivity (Wildman–Crippen MR) is 123 cm³/mol. The Morgan fingerprint density at radius 3 is 2.67 bits per heavy atom. The van der Waals surface area contributed by atoms with E-state index in [0.717, 1.165) is 23.2 Å². The van der Waals surface area contributed by atoms with Gasteiger partial charge in [-0.2, -0.15) is 0 Å². The Labute approximate surface area is 190 Å². The number of anilines is 2. The van der Waals surface area contributed by atoms with Gasteiger partial charge in [0.1, 0.15) is 5.82 Å². The van der Waals surface area contributed by atoms with Gasteiger partial charge in [0.15, 0.2) is 0 Å². The highest BCUT2D eigenvalue weighted by Crippen LogP contribution is 2.50. The monoisotopic (exact) mass is 465 g/mol. The summed E-state index contributed by atoms with van der Waals surface area (Å²) in [6.45, 7) is 0. The van der Waals surface area contributed by atoms with E-state index >= 15 is 0 Å². The van der Waals surface area contributed by atoms with Gasteiger partial charge in [0.25, 0.3) is 15.7 Å². The summed E-state index contributed by atoms with van der Waals surface area (Å²) in [4.78, 5) is 10.9. The minimum atomic E-state index is -4.00. The quantitative estimate of drug-likeness (QED) is 0.300. The molecule has 3 aromatic carbocycles. The van der Waals surface area contributed by atoms with Crippen molar-refractivity contribution in [1.29, 1.82) is 0 Å². The molecule has 168 valence electrons. The zero-order valence-corrected chi connectivity index (χ0v) is 18.1. The number of hydrogen-bond acceptors (Lipinski definition) is 5. The summed E-state index contributed by atoms with van der Waals surface area (Å²) in [5, 5.41) is 14.7. The zero-order chi connectivity index (χ0) is 23.2. The molecule has 0 saturated heterocycles. The Bertz CT molecular complexity index is 1390. The van der Waals surface area contributed by atoms with Gasteiger partial charge in [0.2, 0.25) is 0 Å². The van der Waals surface area contributed by atoms with E-state index in [1.807, 2.05) is 6.07 Å². The summed E-state index contributed by atoms with van der Waals surface area (Å²) in [6, 6.07) is 16.8. The Morgan fingerprint density at radius 1 is 1.06 bits per heavy atom. The standard InChI is InChI=1S/C24H20FN3O4S/c25-21-9-1-2-10-23(21)27-33(31,32)17-11-12-22-20(14-17)18-7-4-8-19(18)24(26-22)15-5-3-6-16(13-15)28(29)30/h1-7,9-14,18-19,24,26-27H,8H2/t18-,19+,24+/m1/s1. The zero-order valence-electron chi connectivity index (χ0n) is 17.3. The number of benzene rings is 3. The maximum absolute atomic E-state index is 14.0. The molecule has 0 amide bonds. The summed E-state index contributed by atoms with van der Waals surface area (Å²) in [5.74, 6) is -0.620. The van der Waals surface area contributed by atoms with Crippen molar-refractivity contribution >= 4 is 27.1 Å². The van der Waals surface area contributed by atoms with Crippen LogP contribution in [0.1, 0.15) is 29.5 Å². The smallest absolute Gasteiger partial charge is 0.269 e. The molecule has 1 aliphatic carbocycles. The van der Waals surface area contributed by atoms with Crippen molar-refractivity contribution in [2.45, 2.75) is 23.3 Å². The first kappa shape index (κ1) is 21.1. The van der Waals surface area contributed by atoms with Crippen LogP contribution in [0.25, 0.3) is 0 Å². The number of sulfonamides is 1. The van der Waals surface area contributed by atoms with Crippen molar-refractivity contribution in [3.05, 3.63) is 106 Å². The van der Waals surface area contributed by atoms with Crippen molar-refractivity contribution in [2.24, 2.45) is 5.92 Å². The van der Waals surface area contributed by atoms with E-state index in [1.165, 1.54) is 30.3 Å². The van der Waals surface area contributed by atoms with Crippen LogP contribution >= 0.6 is 0 Å². The van der Waals surface area contributed by atoms with Gasteiger partial charge in [-0.25, -0.2) is 12.8 Å². The average molecular weight is 466 g/mol. The Balaban J connectivity index is 1.50. The van der Waals surface area contributed by atoms with Crippen molar-refractivity contribution < 1.29 is 17.7 Å². The third-order valence-electron chi connectivity index (χ3n) is 6.20. The maximum Gasteiger partial charge on any atom is 0.269 e. The number of fused-ring (bicyclic) bond motifs is 3. The molecule has 0 radical (unpaired) electrons. The first-order chi connectivity index (χ1) is 15.8. The Hall–Kier alpha value is -3.72. The number of nitro benzene ring substituents is 1. The fourth-order valence-corrected chi connectivity index (χ4v) is 5.75. The van der Waals surface area contributed by atoms with E-state index in [0.29, 0.717) is 0 Å². The normalized spacial score (nSPS) is 21.1. The van der Waals surface area contributed by atoms with E-state index in [4.69, 9.17) is 0 Å². The molecule has 0 spiro atoms. The predicted octanol–water partition coefficient (Wildman–Crippen LogP) is 5.36. The summed E-state index contributed by atoms with van der Waals surface area (Å²) in [6.07, 6.45) is 4.86. The molecule has 1 heterocycles. The number of nitrogens with zero attached hydrogens (tertiary/aromatic N) is 1. The second-order valence-corrected chi connectivity index (χ2v) is 9.84. The van der Waals surface area contributed by atoms with Crippen molar-refractivity contribution in [2.75, 3.05) is 10.0 Å². The Morgan fingerprint density at radius 2 is 1.88 bits per heavy atom. The van der Waals surface area contributed by atoms with Gasteiger partial charge in [-0.1, -0.05) is 36.4 Å². The highest BCUT2D eigenvalue weighted by atomic mass is 32.2. The lowest BCUT2D eigenvalue weighted by atomic mass is 9.77. The van der Waals surface area contributed by atoms with Crippen LogP contribution in [0.5, 0.6) is 0 Å². The van der Waals surface area contributed by atoms with Gasteiger partial charge in [-0.05, 0) is 53.8 Å². The average Bonchev–Trinajstić information content (AvgIpc) is 3.30. The molecule has 0 bridgehead atoms.